The summed E-state index contributed by atoms with van der Waals surface area (Å²) in [5.74, 6) is 0. The van der Waals surface area contributed by atoms with E-state index in [4.69, 9.17) is 19.2 Å². The average molecular weight is 225 g/mol. The molecule has 0 aromatic heterocycles. The SMILES string of the molecule is F[B-](F)(F)F.O=P(O)(O)O.[KH]. The van der Waals surface area contributed by atoms with Crippen molar-refractivity contribution in [3.63, 3.8) is 0 Å². The molecule has 0 aliphatic heterocycles. The van der Waals surface area contributed by atoms with Gasteiger partial charge < -0.3 is 31.9 Å². The molecule has 66 valence electrons. The van der Waals surface area contributed by atoms with E-state index in [-0.39, 0.29) is 51.4 Å². The van der Waals surface area contributed by atoms with Gasteiger partial charge in [0, 0.05) is 0 Å². The number of halogens is 4. The van der Waals surface area contributed by atoms with Crippen LogP contribution in [0.2, 0.25) is 0 Å². The standard InChI is InChI=1S/BF4.K.H3O4P.H/c2-1(3,4)5;;1-5(2,3)4;/h;;(H3,1,2,3,4);/q-1;;;. The molecular weight excluding hydrogens is 221 g/mol. The van der Waals surface area contributed by atoms with Crippen LogP contribution in [0.25, 0.3) is 0 Å². The van der Waals surface area contributed by atoms with Gasteiger partial charge in [-0.05, 0) is 0 Å². The van der Waals surface area contributed by atoms with Crippen LogP contribution in [-0.4, -0.2) is 73.3 Å². The summed E-state index contributed by atoms with van der Waals surface area (Å²) in [4.78, 5) is 21.6. The maximum absolute atomic E-state index is 9.75. The second-order valence-electron chi connectivity index (χ2n) is 1.01. The van der Waals surface area contributed by atoms with Crippen LogP contribution in [0.15, 0.2) is 0 Å². The van der Waals surface area contributed by atoms with Gasteiger partial charge in [0.15, 0.2) is 0 Å². The summed E-state index contributed by atoms with van der Waals surface area (Å²) < 4.78 is 47.9. The van der Waals surface area contributed by atoms with Crippen molar-refractivity contribution in [3.05, 3.63) is 0 Å². The molecule has 0 unspecified atom stereocenters. The first kappa shape index (κ1) is 18.3. The van der Waals surface area contributed by atoms with Gasteiger partial charge in [-0.2, -0.15) is 0 Å². The fraction of sp³-hybridized carbons (Fsp3) is 0. The zero-order valence-electron chi connectivity index (χ0n) is 4.29. The normalized spacial score (nSPS) is 10.8. The maximum atomic E-state index is 9.75. The van der Waals surface area contributed by atoms with Crippen molar-refractivity contribution in [1.29, 1.82) is 0 Å². The van der Waals surface area contributed by atoms with Gasteiger partial charge in [0.1, 0.15) is 0 Å². The van der Waals surface area contributed by atoms with E-state index in [0.29, 0.717) is 0 Å². The van der Waals surface area contributed by atoms with E-state index in [1.165, 1.54) is 0 Å². The van der Waals surface area contributed by atoms with Crippen molar-refractivity contribution < 1.29 is 36.5 Å². The molecule has 0 atom stereocenters. The molecule has 0 aliphatic rings. The summed E-state index contributed by atoms with van der Waals surface area (Å²) in [6.45, 7) is 0. The van der Waals surface area contributed by atoms with Crippen molar-refractivity contribution in [2.45, 2.75) is 0 Å². The zero-order chi connectivity index (χ0) is 9.00. The van der Waals surface area contributed by atoms with E-state index >= 15 is 0 Å². The van der Waals surface area contributed by atoms with E-state index < -0.39 is 15.1 Å². The predicted octanol–water partition coefficient (Wildman–Crippen LogP) is -0.277. The fourth-order valence-corrected chi connectivity index (χ4v) is 0. The topological polar surface area (TPSA) is 77.8 Å². The number of hydrogen-bond acceptors (Lipinski definition) is 1. The molecule has 0 aliphatic carbocycles. The number of hydrogen-bond donors (Lipinski definition) is 3. The minimum absolute atomic E-state index is 0. The summed E-state index contributed by atoms with van der Waals surface area (Å²) in [6, 6.07) is 0. The Morgan fingerprint density at radius 2 is 1.00 bits per heavy atom. The molecule has 0 fully saturated rings. The molecule has 0 aromatic carbocycles. The molecule has 0 saturated carbocycles. The molecule has 0 heterocycles. The van der Waals surface area contributed by atoms with Crippen LogP contribution in [0.3, 0.4) is 0 Å². The van der Waals surface area contributed by atoms with Crippen molar-refractivity contribution in [3.8, 4) is 0 Å². The van der Waals surface area contributed by atoms with Crippen LogP contribution in [-0.2, 0) is 4.57 Å². The molecule has 11 heteroatoms. The molecule has 4 nitrogen and oxygen atoms in total. The van der Waals surface area contributed by atoms with Gasteiger partial charge >= 0.3 is 66.5 Å². The van der Waals surface area contributed by atoms with E-state index in [1.807, 2.05) is 0 Å². The second kappa shape index (κ2) is 6.98. The monoisotopic (exact) mass is 225 g/mol. The Morgan fingerprint density at radius 3 is 1.00 bits per heavy atom. The number of rotatable bonds is 0. The summed E-state index contributed by atoms with van der Waals surface area (Å²) in [5, 5.41) is 0. The van der Waals surface area contributed by atoms with Crippen molar-refractivity contribution in [2.24, 2.45) is 0 Å². The van der Waals surface area contributed by atoms with Gasteiger partial charge in [-0.1, -0.05) is 0 Å². The Kier molecular flexibility index (Phi) is 11.6. The van der Waals surface area contributed by atoms with Crippen LogP contribution in [0.4, 0.5) is 17.3 Å². The van der Waals surface area contributed by atoms with Gasteiger partial charge in [-0.3, -0.25) is 0 Å². The third-order valence-electron chi connectivity index (χ3n) is 0. The van der Waals surface area contributed by atoms with Crippen molar-refractivity contribution in [1.82, 2.24) is 0 Å². The van der Waals surface area contributed by atoms with Crippen LogP contribution in [0, 0.1) is 0 Å². The second-order valence-corrected chi connectivity index (χ2v) is 2.03. The van der Waals surface area contributed by atoms with Gasteiger partial charge in [-0.25, -0.2) is 4.57 Å². The first-order valence-corrected chi connectivity index (χ1v) is 3.22. The third-order valence-corrected chi connectivity index (χ3v) is 0. The van der Waals surface area contributed by atoms with E-state index in [0.717, 1.165) is 0 Å². The van der Waals surface area contributed by atoms with Gasteiger partial charge in [0.2, 0.25) is 0 Å². The molecular formula is H4BF4KO4P-. The third kappa shape index (κ3) is 447. The summed E-state index contributed by atoms with van der Waals surface area (Å²) in [5.41, 5.74) is 0. The Bertz CT molecular complexity index is 114. The molecule has 3 N–H and O–H groups in total. The summed E-state index contributed by atoms with van der Waals surface area (Å²) in [7, 11) is -10.6. The molecule has 0 amide bonds. The molecule has 0 spiro atoms. The Hall–Kier alpha value is 1.53. The molecule has 0 rings (SSSR count). The van der Waals surface area contributed by atoms with Crippen LogP contribution in [0.1, 0.15) is 0 Å². The van der Waals surface area contributed by atoms with E-state index in [2.05, 4.69) is 0 Å². The Labute approximate surface area is 102 Å². The molecule has 0 bridgehead atoms. The van der Waals surface area contributed by atoms with Crippen LogP contribution < -0.4 is 0 Å². The Balaban J connectivity index is -0.000000107. The van der Waals surface area contributed by atoms with Gasteiger partial charge in [0.05, 0.1) is 0 Å². The predicted molar refractivity (Wildman–Crippen MR) is 31.6 cm³/mol. The van der Waals surface area contributed by atoms with E-state index in [1.54, 1.807) is 0 Å². The quantitative estimate of drug-likeness (QED) is 0.301. The first-order valence-electron chi connectivity index (χ1n) is 1.66. The molecule has 11 heavy (non-hydrogen) atoms. The first-order chi connectivity index (χ1) is 4.00. The number of phosphoric acid groups is 1. The summed E-state index contributed by atoms with van der Waals surface area (Å²) in [6.07, 6.45) is 0. The molecule has 0 radical (unpaired) electrons. The van der Waals surface area contributed by atoms with E-state index in [9.17, 15) is 17.3 Å². The zero-order valence-corrected chi connectivity index (χ0v) is 5.18. The van der Waals surface area contributed by atoms with Gasteiger partial charge in [-0.15, -0.1) is 0 Å². The van der Waals surface area contributed by atoms with Crippen molar-refractivity contribution in [2.75, 3.05) is 0 Å². The fourth-order valence-electron chi connectivity index (χ4n) is 0. The minimum atomic E-state index is -6.00. The average Bonchev–Trinajstić information content (AvgIpc) is 1.12. The summed E-state index contributed by atoms with van der Waals surface area (Å²) >= 11 is 0. The van der Waals surface area contributed by atoms with Crippen molar-refractivity contribution >= 4 is 66.5 Å². The van der Waals surface area contributed by atoms with Crippen LogP contribution in [0.5, 0.6) is 0 Å². The van der Waals surface area contributed by atoms with Crippen LogP contribution >= 0.6 is 7.82 Å². The molecule has 0 saturated heterocycles. The molecule has 0 aromatic rings. The Morgan fingerprint density at radius 1 is 1.00 bits per heavy atom. The van der Waals surface area contributed by atoms with Gasteiger partial charge in [0.25, 0.3) is 0 Å².